The maximum Gasteiger partial charge on any atom is 0.350 e. The lowest BCUT2D eigenvalue weighted by Crippen LogP contribution is -2.42. The summed E-state index contributed by atoms with van der Waals surface area (Å²) in [6.45, 7) is 2.96. The van der Waals surface area contributed by atoms with Crippen LogP contribution in [0.4, 0.5) is 5.69 Å². The Morgan fingerprint density at radius 2 is 1.86 bits per heavy atom. The maximum absolute atomic E-state index is 11.8. The highest BCUT2D eigenvalue weighted by atomic mass is 79.9. The van der Waals surface area contributed by atoms with Crippen molar-refractivity contribution in [1.29, 1.82) is 0 Å². The Morgan fingerprint density at radius 1 is 1.27 bits per heavy atom. The number of cyclic esters (lactones) is 2. The van der Waals surface area contributed by atoms with Crippen LogP contribution in [0.15, 0.2) is 28.4 Å². The topological polar surface area (TPSA) is 73.9 Å². The van der Waals surface area contributed by atoms with E-state index in [4.69, 9.17) is 25.8 Å². The zero-order valence-electron chi connectivity index (χ0n) is 12.0. The molecule has 1 heterocycles. The zero-order chi connectivity index (χ0) is 16.5. The Morgan fingerprint density at radius 3 is 2.41 bits per heavy atom. The third-order valence-corrected chi connectivity index (χ3v) is 3.68. The molecule has 0 spiro atoms. The largest absolute Gasteiger partial charge is 0.495 e. The number of ether oxygens (including phenoxy) is 3. The standard InChI is InChI=1S/C14H13BrClNO5/c1-14(2)21-12(18)7(13(19)22-14)6-17-10-5-11(20-3)9(16)4-8(10)15/h4-6,17H,1-3H3. The van der Waals surface area contributed by atoms with E-state index >= 15 is 0 Å². The lowest BCUT2D eigenvalue weighted by molar-refractivity contribution is -0.222. The molecule has 1 N–H and O–H groups in total. The molecule has 0 unspecified atom stereocenters. The summed E-state index contributed by atoms with van der Waals surface area (Å²) < 4.78 is 15.7. The van der Waals surface area contributed by atoms with Crippen LogP contribution in [0.2, 0.25) is 5.02 Å². The first kappa shape index (κ1) is 16.6. The van der Waals surface area contributed by atoms with Gasteiger partial charge in [-0.3, -0.25) is 0 Å². The Kier molecular flexibility index (Phi) is 4.67. The van der Waals surface area contributed by atoms with Gasteiger partial charge in [0.2, 0.25) is 0 Å². The number of rotatable bonds is 3. The number of hydrogen-bond acceptors (Lipinski definition) is 6. The first-order valence-electron chi connectivity index (χ1n) is 6.20. The number of benzene rings is 1. The van der Waals surface area contributed by atoms with Gasteiger partial charge in [0.25, 0.3) is 5.79 Å². The highest BCUT2D eigenvalue weighted by Gasteiger charge is 2.38. The summed E-state index contributed by atoms with van der Waals surface area (Å²) in [6.07, 6.45) is 1.22. The minimum atomic E-state index is -1.27. The van der Waals surface area contributed by atoms with Gasteiger partial charge in [0.15, 0.2) is 5.57 Å². The fourth-order valence-corrected chi connectivity index (χ4v) is 2.55. The number of carbonyl (C=O) groups excluding carboxylic acids is 2. The Labute approximate surface area is 140 Å². The molecule has 0 aromatic heterocycles. The summed E-state index contributed by atoms with van der Waals surface area (Å²) in [5.74, 6) is -2.34. The van der Waals surface area contributed by atoms with Crippen molar-refractivity contribution in [3.8, 4) is 5.75 Å². The molecule has 0 amide bonds. The molecule has 1 aliphatic heterocycles. The first-order chi connectivity index (χ1) is 10.2. The summed E-state index contributed by atoms with van der Waals surface area (Å²) in [4.78, 5) is 23.6. The van der Waals surface area contributed by atoms with Gasteiger partial charge in [-0.1, -0.05) is 11.6 Å². The minimum absolute atomic E-state index is 0.236. The second-order valence-electron chi connectivity index (χ2n) is 4.85. The average Bonchev–Trinajstić information content (AvgIpc) is 2.38. The van der Waals surface area contributed by atoms with Crippen LogP contribution < -0.4 is 10.1 Å². The van der Waals surface area contributed by atoms with Gasteiger partial charge in [-0.05, 0) is 22.0 Å². The fourth-order valence-electron chi connectivity index (χ4n) is 1.72. The van der Waals surface area contributed by atoms with E-state index in [0.717, 1.165) is 0 Å². The monoisotopic (exact) mass is 389 g/mol. The SMILES string of the molecule is COc1cc(NC=C2C(=O)OC(C)(C)OC2=O)c(Br)cc1Cl. The molecule has 1 saturated heterocycles. The van der Waals surface area contributed by atoms with Gasteiger partial charge in [0.05, 0.1) is 17.8 Å². The second kappa shape index (κ2) is 6.18. The minimum Gasteiger partial charge on any atom is -0.495 e. The maximum atomic E-state index is 11.8. The molecule has 0 bridgehead atoms. The van der Waals surface area contributed by atoms with Gasteiger partial charge in [-0.2, -0.15) is 0 Å². The van der Waals surface area contributed by atoms with Crippen molar-refractivity contribution in [2.45, 2.75) is 19.6 Å². The number of nitrogens with one attached hydrogen (secondary N) is 1. The van der Waals surface area contributed by atoms with Crippen LogP contribution in [0.5, 0.6) is 5.75 Å². The molecule has 6 nitrogen and oxygen atoms in total. The van der Waals surface area contributed by atoms with Crippen molar-refractivity contribution in [3.05, 3.63) is 33.4 Å². The molecular formula is C14H13BrClNO5. The van der Waals surface area contributed by atoms with Crippen LogP contribution in [0.1, 0.15) is 13.8 Å². The molecule has 1 aromatic rings. The lowest BCUT2D eigenvalue weighted by Gasteiger charge is -2.29. The van der Waals surface area contributed by atoms with Gasteiger partial charge in [0, 0.05) is 30.6 Å². The van der Waals surface area contributed by atoms with E-state index in [9.17, 15) is 9.59 Å². The quantitative estimate of drug-likeness (QED) is 0.485. The Bertz CT molecular complexity index is 649. The summed E-state index contributed by atoms with van der Waals surface area (Å²) >= 11 is 9.30. The lowest BCUT2D eigenvalue weighted by atomic mass is 10.2. The summed E-state index contributed by atoms with van der Waals surface area (Å²) in [7, 11) is 1.48. The van der Waals surface area contributed by atoms with Crippen molar-refractivity contribution in [3.63, 3.8) is 0 Å². The van der Waals surface area contributed by atoms with Crippen LogP contribution in [0.3, 0.4) is 0 Å². The van der Waals surface area contributed by atoms with Crippen molar-refractivity contribution >= 4 is 45.2 Å². The zero-order valence-corrected chi connectivity index (χ0v) is 14.4. The Balaban J connectivity index is 2.25. The first-order valence-corrected chi connectivity index (χ1v) is 7.37. The average molecular weight is 391 g/mol. The highest BCUT2D eigenvalue weighted by molar-refractivity contribution is 9.10. The number of anilines is 1. The molecule has 0 radical (unpaired) electrons. The normalized spacial score (nSPS) is 16.7. The van der Waals surface area contributed by atoms with E-state index in [1.54, 1.807) is 12.1 Å². The van der Waals surface area contributed by atoms with E-state index in [1.807, 2.05) is 0 Å². The summed E-state index contributed by atoms with van der Waals surface area (Å²) in [5.41, 5.74) is 0.319. The molecule has 2 rings (SSSR count). The predicted molar refractivity (Wildman–Crippen MR) is 83.7 cm³/mol. The molecule has 0 aliphatic carbocycles. The van der Waals surface area contributed by atoms with Crippen molar-refractivity contribution in [1.82, 2.24) is 0 Å². The van der Waals surface area contributed by atoms with Gasteiger partial charge in [-0.25, -0.2) is 9.59 Å². The van der Waals surface area contributed by atoms with Crippen LogP contribution >= 0.6 is 27.5 Å². The van der Waals surface area contributed by atoms with Crippen LogP contribution in [-0.4, -0.2) is 24.8 Å². The molecule has 8 heteroatoms. The number of methoxy groups -OCH3 is 1. The molecule has 1 fully saturated rings. The Hall–Kier alpha value is -1.73. The highest BCUT2D eigenvalue weighted by Crippen LogP contribution is 2.34. The van der Waals surface area contributed by atoms with E-state index in [2.05, 4.69) is 21.2 Å². The number of hydrogen-bond donors (Lipinski definition) is 1. The van der Waals surface area contributed by atoms with Gasteiger partial charge in [-0.15, -0.1) is 0 Å². The molecular weight excluding hydrogens is 378 g/mol. The molecule has 1 aromatic carbocycles. The molecule has 1 aliphatic rings. The van der Waals surface area contributed by atoms with Crippen molar-refractivity contribution < 1.29 is 23.8 Å². The van der Waals surface area contributed by atoms with E-state index in [1.165, 1.54) is 27.2 Å². The summed E-state index contributed by atoms with van der Waals surface area (Å²) in [6, 6.07) is 3.24. The van der Waals surface area contributed by atoms with E-state index in [-0.39, 0.29) is 5.57 Å². The molecule has 0 atom stereocenters. The van der Waals surface area contributed by atoms with E-state index < -0.39 is 17.7 Å². The molecule has 22 heavy (non-hydrogen) atoms. The number of carbonyl (C=O) groups is 2. The molecule has 118 valence electrons. The van der Waals surface area contributed by atoms with Crippen LogP contribution in [0, 0.1) is 0 Å². The third kappa shape index (κ3) is 3.53. The van der Waals surface area contributed by atoms with Gasteiger partial charge in [0.1, 0.15) is 5.75 Å². The third-order valence-electron chi connectivity index (χ3n) is 2.73. The van der Waals surface area contributed by atoms with Crippen LogP contribution in [-0.2, 0) is 19.1 Å². The van der Waals surface area contributed by atoms with Gasteiger partial charge >= 0.3 is 11.9 Å². The van der Waals surface area contributed by atoms with Crippen molar-refractivity contribution in [2.75, 3.05) is 12.4 Å². The van der Waals surface area contributed by atoms with Crippen LogP contribution in [0.25, 0.3) is 0 Å². The number of halogens is 2. The summed E-state index contributed by atoms with van der Waals surface area (Å²) in [5, 5.41) is 3.25. The fraction of sp³-hybridized carbons (Fsp3) is 0.286. The van der Waals surface area contributed by atoms with E-state index in [0.29, 0.717) is 20.9 Å². The smallest absolute Gasteiger partial charge is 0.350 e. The number of esters is 2. The second-order valence-corrected chi connectivity index (χ2v) is 6.11. The van der Waals surface area contributed by atoms with Crippen molar-refractivity contribution in [2.24, 2.45) is 0 Å². The van der Waals surface area contributed by atoms with Gasteiger partial charge < -0.3 is 19.5 Å². The predicted octanol–water partition coefficient (Wildman–Crippen LogP) is 3.24. The molecule has 0 saturated carbocycles.